The summed E-state index contributed by atoms with van der Waals surface area (Å²) in [6.07, 6.45) is 3.45. The molecule has 3 nitrogen and oxygen atoms in total. The molecule has 0 saturated heterocycles. The van der Waals surface area contributed by atoms with Crippen molar-refractivity contribution in [2.75, 3.05) is 13.2 Å². The number of para-hydroxylation sites is 2. The lowest BCUT2D eigenvalue weighted by molar-refractivity contribution is 0.129. The van der Waals surface area contributed by atoms with Gasteiger partial charge in [0.2, 0.25) is 0 Å². The average molecular weight is 286 g/mol. The molecule has 0 radical (unpaired) electrons. The fourth-order valence-corrected chi connectivity index (χ4v) is 2.28. The number of aromatic hydroxyl groups is 2. The molecule has 0 spiro atoms. The van der Waals surface area contributed by atoms with Crippen LogP contribution in [0.2, 0.25) is 0 Å². The predicted octanol–water partition coefficient (Wildman–Crippen LogP) is 3.68. The maximum Gasteiger partial charge on any atom is 0.118 e. The Morgan fingerprint density at radius 1 is 0.667 bits per heavy atom. The molecule has 2 N–H and O–H groups in total. The Balaban J connectivity index is 1.57. The van der Waals surface area contributed by atoms with E-state index in [-0.39, 0.29) is 0 Å². The fraction of sp³-hybridized carbons (Fsp3) is 0.333. The second-order valence-corrected chi connectivity index (χ2v) is 5.08. The lowest BCUT2D eigenvalue weighted by Crippen LogP contribution is -2.00. The Morgan fingerprint density at radius 3 is 1.52 bits per heavy atom. The normalized spacial score (nSPS) is 10.7. The Morgan fingerprint density at radius 2 is 1.10 bits per heavy atom. The van der Waals surface area contributed by atoms with Gasteiger partial charge in [-0.3, -0.25) is 0 Å². The van der Waals surface area contributed by atoms with Crippen molar-refractivity contribution in [2.24, 2.45) is 0 Å². The van der Waals surface area contributed by atoms with E-state index in [2.05, 4.69) is 0 Å². The van der Waals surface area contributed by atoms with Crippen LogP contribution in [0.25, 0.3) is 0 Å². The first-order valence-corrected chi connectivity index (χ1v) is 7.39. The van der Waals surface area contributed by atoms with Crippen molar-refractivity contribution in [3.05, 3.63) is 59.7 Å². The highest BCUT2D eigenvalue weighted by Gasteiger charge is 2.01. The summed E-state index contributed by atoms with van der Waals surface area (Å²) in [7, 11) is 0. The average Bonchev–Trinajstić information content (AvgIpc) is 2.50. The Labute approximate surface area is 125 Å². The lowest BCUT2D eigenvalue weighted by atomic mass is 10.1. The van der Waals surface area contributed by atoms with Crippen molar-refractivity contribution in [1.82, 2.24) is 0 Å². The van der Waals surface area contributed by atoms with Crippen LogP contribution in [-0.4, -0.2) is 23.4 Å². The van der Waals surface area contributed by atoms with Gasteiger partial charge in [0.25, 0.3) is 0 Å². The zero-order valence-corrected chi connectivity index (χ0v) is 12.2. The summed E-state index contributed by atoms with van der Waals surface area (Å²) in [6.45, 7) is 1.38. The van der Waals surface area contributed by atoms with E-state index in [1.807, 2.05) is 36.4 Å². The molecule has 21 heavy (non-hydrogen) atoms. The van der Waals surface area contributed by atoms with E-state index in [4.69, 9.17) is 4.74 Å². The van der Waals surface area contributed by atoms with Crippen LogP contribution in [0.15, 0.2) is 48.5 Å². The largest absolute Gasteiger partial charge is 0.508 e. The van der Waals surface area contributed by atoms with Crippen molar-refractivity contribution < 1.29 is 14.9 Å². The van der Waals surface area contributed by atoms with Crippen molar-refractivity contribution in [1.29, 1.82) is 0 Å². The van der Waals surface area contributed by atoms with Gasteiger partial charge in [-0.15, -0.1) is 0 Å². The van der Waals surface area contributed by atoms with Gasteiger partial charge in [-0.2, -0.15) is 0 Å². The summed E-state index contributed by atoms with van der Waals surface area (Å²) in [6, 6.07) is 14.8. The number of phenols is 2. The minimum atomic E-state index is 0.358. The van der Waals surface area contributed by atoms with E-state index in [1.165, 1.54) is 0 Å². The molecule has 0 atom stereocenters. The predicted molar refractivity (Wildman–Crippen MR) is 83.7 cm³/mol. The topological polar surface area (TPSA) is 49.7 Å². The minimum Gasteiger partial charge on any atom is -0.508 e. The third-order valence-corrected chi connectivity index (χ3v) is 3.45. The van der Waals surface area contributed by atoms with Crippen LogP contribution < -0.4 is 0 Å². The highest BCUT2D eigenvalue weighted by molar-refractivity contribution is 5.32. The van der Waals surface area contributed by atoms with Gasteiger partial charge in [0, 0.05) is 13.2 Å². The van der Waals surface area contributed by atoms with Gasteiger partial charge in [0.1, 0.15) is 11.5 Å². The van der Waals surface area contributed by atoms with Crippen LogP contribution >= 0.6 is 0 Å². The first-order chi connectivity index (χ1) is 10.3. The van der Waals surface area contributed by atoms with E-state index in [0.717, 1.165) is 36.8 Å². The zero-order chi connectivity index (χ0) is 14.9. The molecule has 0 aliphatic carbocycles. The van der Waals surface area contributed by atoms with Crippen molar-refractivity contribution in [3.63, 3.8) is 0 Å². The molecule has 0 fully saturated rings. The number of benzene rings is 2. The van der Waals surface area contributed by atoms with Crippen LogP contribution in [0.3, 0.4) is 0 Å². The molecule has 0 heterocycles. The maximum absolute atomic E-state index is 9.64. The van der Waals surface area contributed by atoms with Crippen LogP contribution in [0.5, 0.6) is 11.5 Å². The molecular weight excluding hydrogens is 264 g/mol. The van der Waals surface area contributed by atoms with E-state index >= 15 is 0 Å². The molecule has 112 valence electrons. The summed E-state index contributed by atoms with van der Waals surface area (Å²) in [5, 5.41) is 19.3. The van der Waals surface area contributed by atoms with Crippen molar-refractivity contribution in [2.45, 2.75) is 25.7 Å². The molecule has 2 aromatic carbocycles. The van der Waals surface area contributed by atoms with Gasteiger partial charge < -0.3 is 14.9 Å². The number of hydrogen-bond acceptors (Lipinski definition) is 3. The van der Waals surface area contributed by atoms with Gasteiger partial charge in [-0.05, 0) is 48.9 Å². The first-order valence-electron chi connectivity index (χ1n) is 7.39. The summed E-state index contributed by atoms with van der Waals surface area (Å²) < 4.78 is 5.59. The molecule has 0 saturated carbocycles. The summed E-state index contributed by atoms with van der Waals surface area (Å²) in [5.41, 5.74) is 1.94. The zero-order valence-electron chi connectivity index (χ0n) is 12.2. The highest BCUT2D eigenvalue weighted by atomic mass is 16.5. The molecule has 0 bridgehead atoms. The number of ether oxygens (including phenoxy) is 1. The maximum atomic E-state index is 9.64. The lowest BCUT2D eigenvalue weighted by Gasteiger charge is -2.07. The van der Waals surface area contributed by atoms with Crippen LogP contribution in [0.4, 0.5) is 0 Å². The molecule has 0 aromatic heterocycles. The van der Waals surface area contributed by atoms with Crippen molar-refractivity contribution >= 4 is 0 Å². The standard InChI is InChI=1S/C18H22O3/c19-17-11-3-1-7-15(17)9-5-13-21-14-6-10-16-8-2-4-12-18(16)20/h1-4,7-8,11-12,19-20H,5-6,9-10,13-14H2. The monoisotopic (exact) mass is 286 g/mol. The molecule has 0 aliphatic heterocycles. The van der Waals surface area contributed by atoms with E-state index in [9.17, 15) is 10.2 Å². The number of phenolic OH excluding ortho intramolecular Hbond substituents is 2. The second-order valence-electron chi connectivity index (χ2n) is 5.08. The van der Waals surface area contributed by atoms with Gasteiger partial charge >= 0.3 is 0 Å². The number of rotatable bonds is 8. The Hall–Kier alpha value is -2.00. The summed E-state index contributed by atoms with van der Waals surface area (Å²) in [4.78, 5) is 0. The molecule has 0 aliphatic rings. The minimum absolute atomic E-state index is 0.358. The van der Waals surface area contributed by atoms with Crippen LogP contribution in [0.1, 0.15) is 24.0 Å². The van der Waals surface area contributed by atoms with Gasteiger partial charge in [-0.25, -0.2) is 0 Å². The third kappa shape index (κ3) is 5.12. The second kappa shape index (κ2) is 8.32. The first kappa shape index (κ1) is 15.4. The van der Waals surface area contributed by atoms with E-state index in [0.29, 0.717) is 24.7 Å². The molecule has 2 rings (SSSR count). The molecule has 0 unspecified atom stereocenters. The molecule has 2 aromatic rings. The molecule has 0 amide bonds. The third-order valence-electron chi connectivity index (χ3n) is 3.45. The van der Waals surface area contributed by atoms with Crippen molar-refractivity contribution in [3.8, 4) is 11.5 Å². The van der Waals surface area contributed by atoms with Crippen LogP contribution in [0, 0.1) is 0 Å². The van der Waals surface area contributed by atoms with E-state index < -0.39 is 0 Å². The Kier molecular flexibility index (Phi) is 6.10. The Bertz CT molecular complexity index is 502. The van der Waals surface area contributed by atoms with E-state index in [1.54, 1.807) is 12.1 Å². The quantitative estimate of drug-likeness (QED) is 0.728. The van der Waals surface area contributed by atoms with Gasteiger partial charge in [0.05, 0.1) is 0 Å². The molecular formula is C18H22O3. The smallest absolute Gasteiger partial charge is 0.118 e. The SMILES string of the molecule is Oc1ccccc1CCCOCCCc1ccccc1O. The summed E-state index contributed by atoms with van der Waals surface area (Å²) >= 11 is 0. The number of hydrogen-bond donors (Lipinski definition) is 2. The highest BCUT2D eigenvalue weighted by Crippen LogP contribution is 2.18. The number of aryl methyl sites for hydroxylation is 2. The van der Waals surface area contributed by atoms with Gasteiger partial charge in [0.15, 0.2) is 0 Å². The van der Waals surface area contributed by atoms with Gasteiger partial charge in [-0.1, -0.05) is 36.4 Å². The summed E-state index contributed by atoms with van der Waals surface area (Å²) in [5.74, 6) is 0.717. The van der Waals surface area contributed by atoms with Crippen LogP contribution in [-0.2, 0) is 17.6 Å². The fourth-order valence-electron chi connectivity index (χ4n) is 2.28. The molecule has 3 heteroatoms.